The number of aromatic nitrogens is 2. The summed E-state index contributed by atoms with van der Waals surface area (Å²) >= 11 is 0. The Morgan fingerprint density at radius 2 is 2.31 bits per heavy atom. The minimum absolute atomic E-state index is 0.0835. The average molecular weight is 181 g/mol. The normalized spacial score (nSPS) is 21.5. The van der Waals surface area contributed by atoms with Crippen LogP contribution < -0.4 is 5.73 Å². The smallest absolute Gasteiger partial charge is 0.232 e. The van der Waals surface area contributed by atoms with Crippen LogP contribution in [0.5, 0.6) is 0 Å². The number of hydrogen-bond donors (Lipinski definition) is 1. The standard InChI is InChI=1S/C9H15N3O/c1-3-6(10)7-11-8(13-12-7)9(2)4-5-9/h6H,3-5,10H2,1-2H3. The molecule has 0 spiro atoms. The molecule has 2 N–H and O–H groups in total. The van der Waals surface area contributed by atoms with Crippen molar-refractivity contribution in [3.05, 3.63) is 11.7 Å². The SMILES string of the molecule is CCC(N)c1noc(C2(C)CC2)n1. The molecule has 1 aromatic rings. The maximum Gasteiger partial charge on any atom is 0.232 e. The summed E-state index contributed by atoms with van der Waals surface area (Å²) in [6.07, 6.45) is 3.14. The van der Waals surface area contributed by atoms with Gasteiger partial charge in [-0.05, 0) is 19.3 Å². The monoisotopic (exact) mass is 181 g/mol. The molecule has 0 bridgehead atoms. The molecule has 0 aromatic carbocycles. The summed E-state index contributed by atoms with van der Waals surface area (Å²) < 4.78 is 5.17. The summed E-state index contributed by atoms with van der Waals surface area (Å²) in [7, 11) is 0. The van der Waals surface area contributed by atoms with E-state index in [-0.39, 0.29) is 11.5 Å². The summed E-state index contributed by atoms with van der Waals surface area (Å²) in [6.45, 7) is 4.15. The number of nitrogens with two attached hydrogens (primary N) is 1. The van der Waals surface area contributed by atoms with Gasteiger partial charge in [-0.2, -0.15) is 4.98 Å². The molecule has 0 saturated heterocycles. The first kappa shape index (κ1) is 8.69. The van der Waals surface area contributed by atoms with Gasteiger partial charge in [0.1, 0.15) is 0 Å². The Labute approximate surface area is 77.5 Å². The maximum atomic E-state index is 5.79. The minimum Gasteiger partial charge on any atom is -0.339 e. The van der Waals surface area contributed by atoms with Gasteiger partial charge in [0.15, 0.2) is 5.82 Å². The van der Waals surface area contributed by atoms with Gasteiger partial charge >= 0.3 is 0 Å². The largest absolute Gasteiger partial charge is 0.339 e. The third kappa shape index (κ3) is 1.46. The van der Waals surface area contributed by atoms with Crippen molar-refractivity contribution in [3.8, 4) is 0 Å². The van der Waals surface area contributed by atoms with Gasteiger partial charge in [0.05, 0.1) is 6.04 Å². The van der Waals surface area contributed by atoms with E-state index in [1.54, 1.807) is 0 Å². The lowest BCUT2D eigenvalue weighted by Crippen LogP contribution is -2.11. The fraction of sp³-hybridized carbons (Fsp3) is 0.778. The molecule has 72 valence electrons. The van der Waals surface area contributed by atoms with Crippen molar-refractivity contribution >= 4 is 0 Å². The molecule has 0 amide bonds. The van der Waals surface area contributed by atoms with Gasteiger partial charge in [-0.3, -0.25) is 0 Å². The molecule has 1 aliphatic carbocycles. The van der Waals surface area contributed by atoms with Crippen LogP contribution in [0.3, 0.4) is 0 Å². The molecule has 1 heterocycles. The van der Waals surface area contributed by atoms with Crippen LogP contribution in [-0.2, 0) is 5.41 Å². The Hall–Kier alpha value is -0.900. The molecule has 0 aliphatic heterocycles. The van der Waals surface area contributed by atoms with Crippen LogP contribution in [0.1, 0.15) is 50.9 Å². The first-order valence-electron chi connectivity index (χ1n) is 4.75. The predicted molar refractivity (Wildman–Crippen MR) is 48.1 cm³/mol. The summed E-state index contributed by atoms with van der Waals surface area (Å²) in [5.74, 6) is 1.40. The maximum absolute atomic E-state index is 5.79. The zero-order valence-corrected chi connectivity index (χ0v) is 8.08. The topological polar surface area (TPSA) is 64.9 Å². The molecule has 1 fully saturated rings. The highest BCUT2D eigenvalue weighted by Gasteiger charge is 2.44. The third-order valence-corrected chi connectivity index (χ3v) is 2.73. The summed E-state index contributed by atoms with van der Waals surface area (Å²) in [6, 6.07) is -0.0835. The van der Waals surface area contributed by atoms with Crippen molar-refractivity contribution in [3.63, 3.8) is 0 Å². The van der Waals surface area contributed by atoms with E-state index in [1.165, 1.54) is 0 Å². The molecule has 0 radical (unpaired) electrons. The summed E-state index contributed by atoms with van der Waals surface area (Å²) in [4.78, 5) is 4.31. The fourth-order valence-corrected chi connectivity index (χ4v) is 1.21. The highest BCUT2D eigenvalue weighted by molar-refractivity contribution is 5.13. The van der Waals surface area contributed by atoms with Gasteiger partial charge in [0.25, 0.3) is 0 Å². The molecule has 2 rings (SSSR count). The van der Waals surface area contributed by atoms with Crippen molar-refractivity contribution in [1.82, 2.24) is 10.1 Å². The molecule has 1 atom stereocenters. The van der Waals surface area contributed by atoms with Crippen molar-refractivity contribution in [2.75, 3.05) is 0 Å². The molecule has 1 unspecified atom stereocenters. The molecular weight excluding hydrogens is 166 g/mol. The van der Waals surface area contributed by atoms with E-state index in [0.717, 1.165) is 25.2 Å². The average Bonchev–Trinajstić information content (AvgIpc) is 2.72. The first-order chi connectivity index (χ1) is 6.15. The van der Waals surface area contributed by atoms with E-state index in [2.05, 4.69) is 17.1 Å². The Bertz CT molecular complexity index is 304. The van der Waals surface area contributed by atoms with Crippen LogP contribution in [0, 0.1) is 0 Å². The van der Waals surface area contributed by atoms with Crippen LogP contribution in [0.4, 0.5) is 0 Å². The highest BCUT2D eigenvalue weighted by atomic mass is 16.5. The van der Waals surface area contributed by atoms with Gasteiger partial charge in [0.2, 0.25) is 5.89 Å². The fourth-order valence-electron chi connectivity index (χ4n) is 1.21. The second-order valence-electron chi connectivity index (χ2n) is 4.03. The zero-order chi connectivity index (χ0) is 9.47. The molecule has 1 saturated carbocycles. The van der Waals surface area contributed by atoms with E-state index in [4.69, 9.17) is 10.3 Å². The zero-order valence-electron chi connectivity index (χ0n) is 8.08. The molecule has 4 nitrogen and oxygen atoms in total. The van der Waals surface area contributed by atoms with Crippen molar-refractivity contribution in [2.45, 2.75) is 44.6 Å². The van der Waals surface area contributed by atoms with Crippen LogP contribution >= 0.6 is 0 Å². The second-order valence-corrected chi connectivity index (χ2v) is 4.03. The Morgan fingerprint density at radius 1 is 1.62 bits per heavy atom. The molecule has 4 heteroatoms. The number of nitrogens with zero attached hydrogens (tertiary/aromatic N) is 2. The molecular formula is C9H15N3O. The number of hydrogen-bond acceptors (Lipinski definition) is 4. The minimum atomic E-state index is -0.0835. The molecule has 13 heavy (non-hydrogen) atoms. The van der Waals surface area contributed by atoms with Gasteiger partial charge in [-0.25, -0.2) is 0 Å². The van der Waals surface area contributed by atoms with E-state index >= 15 is 0 Å². The lowest BCUT2D eigenvalue weighted by molar-refractivity contribution is 0.346. The van der Waals surface area contributed by atoms with E-state index in [9.17, 15) is 0 Å². The van der Waals surface area contributed by atoms with Crippen LogP contribution in [-0.4, -0.2) is 10.1 Å². The van der Waals surface area contributed by atoms with E-state index in [1.807, 2.05) is 6.92 Å². The second kappa shape index (κ2) is 2.80. The lowest BCUT2D eigenvalue weighted by Gasteiger charge is -2.00. The lowest BCUT2D eigenvalue weighted by atomic mass is 10.1. The highest BCUT2D eigenvalue weighted by Crippen LogP contribution is 2.46. The van der Waals surface area contributed by atoms with Gasteiger partial charge in [-0.1, -0.05) is 19.0 Å². The van der Waals surface area contributed by atoms with Crippen LogP contribution in [0.2, 0.25) is 0 Å². The number of rotatable bonds is 3. The van der Waals surface area contributed by atoms with Crippen molar-refractivity contribution in [1.29, 1.82) is 0 Å². The Morgan fingerprint density at radius 3 is 2.85 bits per heavy atom. The van der Waals surface area contributed by atoms with Crippen LogP contribution in [0.25, 0.3) is 0 Å². The summed E-state index contributed by atoms with van der Waals surface area (Å²) in [5, 5.41) is 3.88. The van der Waals surface area contributed by atoms with Crippen molar-refractivity contribution < 1.29 is 4.52 Å². The quantitative estimate of drug-likeness (QED) is 0.768. The van der Waals surface area contributed by atoms with Crippen LogP contribution in [0.15, 0.2) is 4.52 Å². The van der Waals surface area contributed by atoms with Gasteiger partial charge < -0.3 is 10.3 Å². The first-order valence-corrected chi connectivity index (χ1v) is 4.75. The van der Waals surface area contributed by atoms with E-state index in [0.29, 0.717) is 5.82 Å². The van der Waals surface area contributed by atoms with Gasteiger partial charge in [-0.15, -0.1) is 0 Å². The Kier molecular flexibility index (Phi) is 1.87. The Balaban J connectivity index is 2.18. The third-order valence-electron chi connectivity index (χ3n) is 2.73. The molecule has 1 aromatic heterocycles. The molecule has 1 aliphatic rings. The van der Waals surface area contributed by atoms with Gasteiger partial charge in [0, 0.05) is 5.41 Å². The summed E-state index contributed by atoms with van der Waals surface area (Å²) in [5.41, 5.74) is 5.94. The predicted octanol–water partition coefficient (Wildman–Crippen LogP) is 1.53. The van der Waals surface area contributed by atoms with E-state index < -0.39 is 0 Å². The van der Waals surface area contributed by atoms with Crippen molar-refractivity contribution in [2.24, 2.45) is 5.73 Å².